The zero-order chi connectivity index (χ0) is 16.3. The number of carbonyl (C=O) groups is 1. The molecular weight excluding hydrogens is 314 g/mol. The Bertz CT molecular complexity index is 806. The molecule has 0 bridgehead atoms. The SMILES string of the molecule is O=C(NCc1cccnc1)c1cccc(N2CCCS2(=O)=O)c1. The van der Waals surface area contributed by atoms with Gasteiger partial charge in [-0.25, -0.2) is 8.42 Å². The summed E-state index contributed by atoms with van der Waals surface area (Å²) in [6, 6.07) is 10.4. The molecule has 23 heavy (non-hydrogen) atoms. The maximum absolute atomic E-state index is 12.2. The minimum absolute atomic E-state index is 0.157. The summed E-state index contributed by atoms with van der Waals surface area (Å²) >= 11 is 0. The zero-order valence-corrected chi connectivity index (χ0v) is 13.3. The number of sulfonamides is 1. The van der Waals surface area contributed by atoms with Gasteiger partial charge in [0.25, 0.3) is 5.91 Å². The molecule has 0 spiro atoms. The largest absolute Gasteiger partial charge is 0.348 e. The molecule has 3 rings (SSSR count). The molecular formula is C16H17N3O3S. The Morgan fingerprint density at radius 1 is 1.26 bits per heavy atom. The van der Waals surface area contributed by atoms with Crippen LogP contribution in [0.15, 0.2) is 48.8 Å². The van der Waals surface area contributed by atoms with Crippen LogP contribution < -0.4 is 9.62 Å². The summed E-state index contributed by atoms with van der Waals surface area (Å²) in [5, 5.41) is 2.81. The number of benzene rings is 1. The van der Waals surface area contributed by atoms with Crippen molar-refractivity contribution in [2.24, 2.45) is 0 Å². The van der Waals surface area contributed by atoms with E-state index in [9.17, 15) is 13.2 Å². The molecule has 1 N–H and O–H groups in total. The Morgan fingerprint density at radius 3 is 2.83 bits per heavy atom. The summed E-state index contributed by atoms with van der Waals surface area (Å²) in [6.45, 7) is 0.835. The second-order valence-electron chi connectivity index (χ2n) is 5.34. The van der Waals surface area contributed by atoms with Crippen LogP contribution in [0.5, 0.6) is 0 Å². The van der Waals surface area contributed by atoms with Crippen molar-refractivity contribution in [1.29, 1.82) is 0 Å². The van der Waals surface area contributed by atoms with E-state index in [1.807, 2.05) is 6.07 Å². The minimum Gasteiger partial charge on any atom is -0.348 e. The lowest BCUT2D eigenvalue weighted by Crippen LogP contribution is -2.26. The van der Waals surface area contributed by atoms with Crippen molar-refractivity contribution in [2.75, 3.05) is 16.6 Å². The number of carbonyl (C=O) groups excluding carboxylic acids is 1. The van der Waals surface area contributed by atoms with Gasteiger partial charge in [-0.3, -0.25) is 14.1 Å². The monoisotopic (exact) mass is 331 g/mol. The highest BCUT2D eigenvalue weighted by atomic mass is 32.2. The van der Waals surface area contributed by atoms with Crippen molar-refractivity contribution in [2.45, 2.75) is 13.0 Å². The molecule has 1 aromatic heterocycles. The maximum Gasteiger partial charge on any atom is 0.251 e. The molecule has 1 amide bonds. The Labute approximate surface area is 135 Å². The van der Waals surface area contributed by atoms with E-state index < -0.39 is 10.0 Å². The standard InChI is InChI=1S/C16H17N3O3S/c20-16(18-12-13-4-2-7-17-11-13)14-5-1-6-15(10-14)19-8-3-9-23(19,21)22/h1-2,4-7,10-11H,3,8-9,12H2,(H,18,20). The fourth-order valence-electron chi connectivity index (χ4n) is 2.52. The summed E-state index contributed by atoms with van der Waals surface area (Å²) < 4.78 is 25.3. The second kappa shape index (κ2) is 6.37. The number of amides is 1. The lowest BCUT2D eigenvalue weighted by atomic mass is 10.2. The van der Waals surface area contributed by atoms with Crippen molar-refractivity contribution in [3.05, 3.63) is 59.9 Å². The van der Waals surface area contributed by atoms with Crippen LogP contribution in [0.25, 0.3) is 0 Å². The lowest BCUT2D eigenvalue weighted by molar-refractivity contribution is 0.0951. The first kappa shape index (κ1) is 15.5. The van der Waals surface area contributed by atoms with E-state index in [0.29, 0.717) is 30.8 Å². The first-order valence-electron chi connectivity index (χ1n) is 7.34. The summed E-state index contributed by atoms with van der Waals surface area (Å²) in [7, 11) is -3.24. The molecule has 1 aliphatic heterocycles. The molecule has 0 radical (unpaired) electrons. The minimum atomic E-state index is -3.24. The number of nitrogens with zero attached hydrogens (tertiary/aromatic N) is 2. The first-order valence-corrected chi connectivity index (χ1v) is 8.95. The van der Waals surface area contributed by atoms with Gasteiger partial charge in [-0.15, -0.1) is 0 Å². The highest BCUT2D eigenvalue weighted by molar-refractivity contribution is 7.93. The molecule has 6 nitrogen and oxygen atoms in total. The molecule has 0 saturated carbocycles. The van der Waals surface area contributed by atoms with Gasteiger partial charge >= 0.3 is 0 Å². The van der Waals surface area contributed by atoms with Gasteiger partial charge in [-0.1, -0.05) is 12.1 Å². The van der Waals surface area contributed by atoms with Crippen molar-refractivity contribution in [1.82, 2.24) is 10.3 Å². The molecule has 7 heteroatoms. The van der Waals surface area contributed by atoms with Gasteiger partial charge in [-0.05, 0) is 36.2 Å². The Kier molecular flexibility index (Phi) is 4.29. The van der Waals surface area contributed by atoms with Crippen molar-refractivity contribution >= 4 is 21.6 Å². The quantitative estimate of drug-likeness (QED) is 0.922. The summed E-state index contributed by atoms with van der Waals surface area (Å²) in [6.07, 6.45) is 3.97. The van der Waals surface area contributed by atoms with Gasteiger partial charge < -0.3 is 5.32 Å². The van der Waals surface area contributed by atoms with Gasteiger partial charge in [0.1, 0.15) is 0 Å². The maximum atomic E-state index is 12.2. The molecule has 2 aromatic rings. The smallest absolute Gasteiger partial charge is 0.251 e. The average molecular weight is 331 g/mol. The number of aromatic nitrogens is 1. The summed E-state index contributed by atoms with van der Waals surface area (Å²) in [5.74, 6) is -0.0861. The third-order valence-corrected chi connectivity index (χ3v) is 5.54. The van der Waals surface area contributed by atoms with E-state index >= 15 is 0 Å². The van der Waals surface area contributed by atoms with E-state index in [2.05, 4.69) is 10.3 Å². The van der Waals surface area contributed by atoms with Crippen LogP contribution in [0.1, 0.15) is 22.3 Å². The summed E-state index contributed by atoms with van der Waals surface area (Å²) in [4.78, 5) is 16.2. The van der Waals surface area contributed by atoms with Crippen LogP contribution in [-0.2, 0) is 16.6 Å². The third-order valence-electron chi connectivity index (χ3n) is 3.67. The summed E-state index contributed by atoms with van der Waals surface area (Å²) in [5.41, 5.74) is 1.88. The second-order valence-corrected chi connectivity index (χ2v) is 7.35. The van der Waals surface area contributed by atoms with E-state index in [0.717, 1.165) is 5.56 Å². The number of pyridine rings is 1. The number of nitrogens with one attached hydrogen (secondary N) is 1. The highest BCUT2D eigenvalue weighted by Crippen LogP contribution is 2.24. The van der Waals surface area contributed by atoms with Crippen LogP contribution >= 0.6 is 0 Å². The zero-order valence-electron chi connectivity index (χ0n) is 12.5. The van der Waals surface area contributed by atoms with Gasteiger partial charge in [-0.2, -0.15) is 0 Å². The van der Waals surface area contributed by atoms with Crippen molar-refractivity contribution in [3.63, 3.8) is 0 Å². The topological polar surface area (TPSA) is 79.4 Å². The Balaban J connectivity index is 1.73. The van der Waals surface area contributed by atoms with Gasteiger partial charge in [0, 0.05) is 31.0 Å². The van der Waals surface area contributed by atoms with Crippen molar-refractivity contribution in [3.8, 4) is 0 Å². The molecule has 1 aromatic carbocycles. The van der Waals surface area contributed by atoms with E-state index in [1.54, 1.807) is 42.7 Å². The number of hydrogen-bond donors (Lipinski definition) is 1. The van der Waals surface area contributed by atoms with Crippen LogP contribution in [0.2, 0.25) is 0 Å². The molecule has 2 heterocycles. The van der Waals surface area contributed by atoms with E-state index in [4.69, 9.17) is 0 Å². The van der Waals surface area contributed by atoms with E-state index in [-0.39, 0.29) is 11.7 Å². The van der Waals surface area contributed by atoms with Gasteiger partial charge in [0.05, 0.1) is 11.4 Å². The average Bonchev–Trinajstić information content (AvgIpc) is 2.93. The van der Waals surface area contributed by atoms with Crippen LogP contribution in [0.4, 0.5) is 5.69 Å². The highest BCUT2D eigenvalue weighted by Gasteiger charge is 2.28. The molecule has 1 fully saturated rings. The molecule has 0 aliphatic carbocycles. The number of hydrogen-bond acceptors (Lipinski definition) is 4. The number of anilines is 1. The molecule has 1 saturated heterocycles. The van der Waals surface area contributed by atoms with Crippen molar-refractivity contribution < 1.29 is 13.2 Å². The van der Waals surface area contributed by atoms with Crippen LogP contribution in [-0.4, -0.2) is 31.6 Å². The molecule has 0 unspecified atom stereocenters. The first-order chi connectivity index (χ1) is 11.1. The van der Waals surface area contributed by atoms with Gasteiger partial charge in [0.15, 0.2) is 0 Å². The Morgan fingerprint density at radius 2 is 2.13 bits per heavy atom. The van der Waals surface area contributed by atoms with Gasteiger partial charge in [0.2, 0.25) is 10.0 Å². The van der Waals surface area contributed by atoms with Crippen LogP contribution in [0.3, 0.4) is 0 Å². The van der Waals surface area contributed by atoms with Crippen LogP contribution in [0, 0.1) is 0 Å². The predicted molar refractivity (Wildman–Crippen MR) is 87.6 cm³/mol. The fourth-order valence-corrected chi connectivity index (χ4v) is 4.08. The molecule has 1 aliphatic rings. The fraction of sp³-hybridized carbons (Fsp3) is 0.250. The molecule has 0 atom stereocenters. The third kappa shape index (κ3) is 3.50. The predicted octanol–water partition coefficient (Wildman–Crippen LogP) is 1.55. The number of rotatable bonds is 4. The lowest BCUT2D eigenvalue weighted by Gasteiger charge is -2.17. The Hall–Kier alpha value is -2.41. The molecule has 120 valence electrons. The normalized spacial score (nSPS) is 16.3. The van der Waals surface area contributed by atoms with E-state index in [1.165, 1.54) is 4.31 Å².